The van der Waals surface area contributed by atoms with Crippen molar-refractivity contribution in [2.45, 2.75) is 13.3 Å². The number of aromatic nitrogens is 3. The molecule has 176 valence electrons. The normalized spacial score (nSPS) is 15.1. The van der Waals surface area contributed by atoms with Crippen LogP contribution >= 0.6 is 22.9 Å². The molecule has 0 radical (unpaired) electrons. The van der Waals surface area contributed by atoms with E-state index < -0.39 is 0 Å². The van der Waals surface area contributed by atoms with Gasteiger partial charge in [0.1, 0.15) is 0 Å². The van der Waals surface area contributed by atoms with Crippen molar-refractivity contribution in [1.29, 1.82) is 0 Å². The minimum absolute atomic E-state index is 0.000766. The number of nitrogens with one attached hydrogen (secondary N) is 1. The predicted molar refractivity (Wildman–Crippen MR) is 134 cm³/mol. The Labute approximate surface area is 205 Å². The van der Waals surface area contributed by atoms with E-state index >= 15 is 0 Å². The highest BCUT2D eigenvalue weighted by Crippen LogP contribution is 2.31. The first-order valence-corrected chi connectivity index (χ1v) is 12.3. The van der Waals surface area contributed by atoms with Crippen molar-refractivity contribution in [3.63, 3.8) is 0 Å². The van der Waals surface area contributed by atoms with Gasteiger partial charge in [-0.2, -0.15) is 0 Å². The molecule has 1 fully saturated rings. The largest absolute Gasteiger partial charge is 0.378 e. The number of ether oxygens (including phenoxy) is 1. The highest BCUT2D eigenvalue weighted by atomic mass is 35.5. The smallest absolute Gasteiger partial charge is 0.226 e. The number of Topliss-reactive ketones (excluding diaryl/α,β-unsaturated/α-hetero) is 1. The number of amides is 1. The topological polar surface area (TPSA) is 89.3 Å². The summed E-state index contributed by atoms with van der Waals surface area (Å²) in [4.78, 5) is 36.6. The molecule has 8 nitrogen and oxygen atoms in total. The summed E-state index contributed by atoms with van der Waals surface area (Å²) in [6.45, 7) is 4.05. The van der Waals surface area contributed by atoms with E-state index in [1.54, 1.807) is 17.0 Å². The zero-order chi connectivity index (χ0) is 23.8. The van der Waals surface area contributed by atoms with Gasteiger partial charge in [-0.1, -0.05) is 29.9 Å². The molecular formula is C24H24ClN5O3S. The maximum Gasteiger partial charge on any atom is 0.226 e. The van der Waals surface area contributed by atoms with Crippen LogP contribution < -0.4 is 5.32 Å². The standard InChI is InChI=1S/C24H24ClN5O3S/c1-14(22(32)30-7-9-33-10-8-30)11-20(31)15-3-6-19-18(12-15)26-23(29(19)2)28-24-27-17-5-4-16(25)13-21(17)34-24/h3-6,12-14H,7-11H2,1-2H3,(H,26,27,28)/t14-/m1/s1. The van der Waals surface area contributed by atoms with Gasteiger partial charge in [0.15, 0.2) is 10.9 Å². The highest BCUT2D eigenvalue weighted by Gasteiger charge is 2.25. The first kappa shape index (κ1) is 22.8. The molecule has 0 spiro atoms. The molecule has 1 aliphatic heterocycles. The number of anilines is 2. The maximum atomic E-state index is 12.9. The van der Waals surface area contributed by atoms with Gasteiger partial charge in [-0.3, -0.25) is 9.59 Å². The number of morpholine rings is 1. The average Bonchev–Trinajstić information content (AvgIpc) is 3.38. The fraction of sp³-hybridized carbons (Fsp3) is 0.333. The number of imidazole rings is 1. The molecule has 1 N–H and O–H groups in total. The molecule has 10 heteroatoms. The summed E-state index contributed by atoms with van der Waals surface area (Å²) >= 11 is 7.58. The zero-order valence-electron chi connectivity index (χ0n) is 18.9. The van der Waals surface area contributed by atoms with Crippen molar-refractivity contribution in [3.05, 3.63) is 47.0 Å². The Kier molecular flexibility index (Phi) is 6.24. The van der Waals surface area contributed by atoms with Crippen LogP contribution in [0.4, 0.5) is 11.1 Å². The summed E-state index contributed by atoms with van der Waals surface area (Å²) in [5, 5.41) is 4.65. The van der Waals surface area contributed by atoms with Gasteiger partial charge in [0, 0.05) is 43.1 Å². The Balaban J connectivity index is 1.32. The molecule has 1 aliphatic rings. The minimum Gasteiger partial charge on any atom is -0.378 e. The molecule has 4 aromatic rings. The van der Waals surface area contributed by atoms with Crippen molar-refractivity contribution >= 4 is 67.0 Å². The van der Waals surface area contributed by atoms with Crippen molar-refractivity contribution in [1.82, 2.24) is 19.4 Å². The van der Waals surface area contributed by atoms with Crippen molar-refractivity contribution in [3.8, 4) is 0 Å². The summed E-state index contributed by atoms with van der Waals surface area (Å²) in [6.07, 6.45) is 0.161. The van der Waals surface area contributed by atoms with Crippen LogP contribution in [0.1, 0.15) is 23.7 Å². The van der Waals surface area contributed by atoms with E-state index in [0.717, 1.165) is 15.7 Å². The highest BCUT2D eigenvalue weighted by molar-refractivity contribution is 7.22. The van der Waals surface area contributed by atoms with Gasteiger partial charge in [-0.25, -0.2) is 9.97 Å². The number of carbonyl (C=O) groups excluding carboxylic acids is 2. The number of aryl methyl sites for hydroxylation is 1. The van der Waals surface area contributed by atoms with E-state index in [2.05, 4.69) is 15.3 Å². The first-order valence-electron chi connectivity index (χ1n) is 11.1. The van der Waals surface area contributed by atoms with Crippen LogP contribution in [0.5, 0.6) is 0 Å². The quantitative estimate of drug-likeness (QED) is 0.390. The molecule has 34 heavy (non-hydrogen) atoms. The van der Waals surface area contributed by atoms with Crippen LogP contribution in [0.3, 0.4) is 0 Å². The molecule has 0 aliphatic carbocycles. The Hall–Kier alpha value is -3.01. The molecule has 0 bridgehead atoms. The van der Waals surface area contributed by atoms with Gasteiger partial charge in [-0.15, -0.1) is 0 Å². The van der Waals surface area contributed by atoms with E-state index in [4.69, 9.17) is 16.3 Å². The molecule has 2 aromatic heterocycles. The van der Waals surface area contributed by atoms with E-state index in [-0.39, 0.29) is 24.0 Å². The Morgan fingerprint density at radius 3 is 2.74 bits per heavy atom. The number of thiazole rings is 1. The molecule has 0 unspecified atom stereocenters. The van der Waals surface area contributed by atoms with Gasteiger partial charge >= 0.3 is 0 Å². The number of ketones is 1. The van der Waals surface area contributed by atoms with E-state index in [0.29, 0.717) is 53.5 Å². The SMILES string of the molecule is C[C@H](CC(=O)c1ccc2c(c1)nc(Nc1nc3ccc(Cl)cc3s1)n2C)C(=O)N1CCOCC1. The van der Waals surface area contributed by atoms with E-state index in [9.17, 15) is 9.59 Å². The van der Waals surface area contributed by atoms with Gasteiger partial charge in [0.2, 0.25) is 11.9 Å². The lowest BCUT2D eigenvalue weighted by molar-refractivity contribution is -0.139. The van der Waals surface area contributed by atoms with Gasteiger partial charge in [-0.05, 0) is 36.4 Å². The lowest BCUT2D eigenvalue weighted by Crippen LogP contribution is -2.43. The minimum atomic E-state index is -0.380. The number of benzene rings is 2. The lowest BCUT2D eigenvalue weighted by atomic mass is 9.98. The van der Waals surface area contributed by atoms with E-state index in [1.807, 2.05) is 42.8 Å². The van der Waals surface area contributed by atoms with Crippen LogP contribution in [0, 0.1) is 5.92 Å². The van der Waals surface area contributed by atoms with Crippen LogP contribution in [0.25, 0.3) is 21.3 Å². The van der Waals surface area contributed by atoms with Crippen molar-refractivity contribution in [2.75, 3.05) is 31.6 Å². The number of fused-ring (bicyclic) bond motifs is 2. The molecule has 0 saturated carbocycles. The fourth-order valence-electron chi connectivity index (χ4n) is 4.11. The Morgan fingerprint density at radius 1 is 1.15 bits per heavy atom. The summed E-state index contributed by atoms with van der Waals surface area (Å²) < 4.78 is 8.22. The van der Waals surface area contributed by atoms with Crippen molar-refractivity contribution in [2.24, 2.45) is 13.0 Å². The molecule has 5 rings (SSSR count). The van der Waals surface area contributed by atoms with Gasteiger partial charge in [0.05, 0.1) is 34.5 Å². The first-order chi connectivity index (χ1) is 16.4. The average molecular weight is 498 g/mol. The van der Waals surface area contributed by atoms with E-state index in [1.165, 1.54) is 11.3 Å². The second-order valence-electron chi connectivity index (χ2n) is 8.42. The summed E-state index contributed by atoms with van der Waals surface area (Å²) in [5.41, 5.74) is 3.01. The lowest BCUT2D eigenvalue weighted by Gasteiger charge is -2.29. The van der Waals surface area contributed by atoms with Crippen LogP contribution in [0.2, 0.25) is 5.02 Å². The third kappa shape index (κ3) is 4.51. The van der Waals surface area contributed by atoms with Crippen LogP contribution in [-0.4, -0.2) is 57.4 Å². The molecule has 3 heterocycles. The number of carbonyl (C=O) groups is 2. The van der Waals surface area contributed by atoms with Crippen molar-refractivity contribution < 1.29 is 14.3 Å². The summed E-state index contributed by atoms with van der Waals surface area (Å²) in [7, 11) is 1.91. The molecule has 1 amide bonds. The number of halogens is 1. The predicted octanol–water partition coefficient (Wildman–Crippen LogP) is 4.65. The number of nitrogens with zero attached hydrogens (tertiary/aromatic N) is 4. The zero-order valence-corrected chi connectivity index (χ0v) is 20.4. The number of hydrogen-bond acceptors (Lipinski definition) is 7. The molecule has 2 aromatic carbocycles. The monoisotopic (exact) mass is 497 g/mol. The summed E-state index contributed by atoms with van der Waals surface area (Å²) in [5.74, 6) is 0.175. The van der Waals surface area contributed by atoms with Gasteiger partial charge in [0.25, 0.3) is 0 Å². The second-order valence-corrected chi connectivity index (χ2v) is 9.89. The second kappa shape index (κ2) is 9.32. The number of rotatable bonds is 6. The Bertz CT molecular complexity index is 1390. The molecule has 1 atom stereocenters. The van der Waals surface area contributed by atoms with Crippen LogP contribution in [0.15, 0.2) is 36.4 Å². The van der Waals surface area contributed by atoms with Gasteiger partial charge < -0.3 is 19.5 Å². The molecular weight excluding hydrogens is 474 g/mol. The summed E-state index contributed by atoms with van der Waals surface area (Å²) in [6, 6.07) is 11.0. The third-order valence-corrected chi connectivity index (χ3v) is 7.18. The maximum absolute atomic E-state index is 12.9. The van der Waals surface area contributed by atoms with Crippen LogP contribution in [-0.2, 0) is 16.6 Å². The number of hydrogen-bond donors (Lipinski definition) is 1. The third-order valence-electron chi connectivity index (χ3n) is 6.01. The Morgan fingerprint density at radius 2 is 1.94 bits per heavy atom. The molecule has 1 saturated heterocycles. The fourth-order valence-corrected chi connectivity index (χ4v) is 5.25.